The van der Waals surface area contributed by atoms with Crippen molar-refractivity contribution in [1.29, 1.82) is 0 Å². The number of nitrogens with zero attached hydrogens (tertiary/aromatic N) is 5. The van der Waals surface area contributed by atoms with Crippen LogP contribution in [-0.2, 0) is 0 Å². The summed E-state index contributed by atoms with van der Waals surface area (Å²) in [4.78, 5) is 26.4. The number of fused-ring (bicyclic) bond motifs is 6. The number of aromatic nitrogens is 5. The van der Waals surface area contributed by atoms with Gasteiger partial charge in [-0.15, -0.1) is 0 Å². The highest BCUT2D eigenvalue weighted by atomic mass is 14.9. The maximum Gasteiger partial charge on any atom is 0.160 e. The second kappa shape index (κ2) is 13.8. The van der Waals surface area contributed by atoms with Crippen LogP contribution in [0.3, 0.4) is 0 Å². The largest absolute Gasteiger partial charge is 0.246 e. The predicted molar refractivity (Wildman–Crippen MR) is 248 cm³/mol. The molecule has 0 amide bonds. The van der Waals surface area contributed by atoms with Crippen molar-refractivity contribution in [3.05, 3.63) is 200 Å². The summed E-state index contributed by atoms with van der Waals surface area (Å²) < 4.78 is 0. The predicted octanol–water partition coefficient (Wildman–Crippen LogP) is 13.9. The van der Waals surface area contributed by atoms with Crippen molar-refractivity contribution in [2.75, 3.05) is 0 Å². The first-order valence-electron chi connectivity index (χ1n) is 20.1. The number of hydrogen-bond donors (Lipinski definition) is 0. The van der Waals surface area contributed by atoms with Crippen LogP contribution in [0.15, 0.2) is 200 Å². The topological polar surface area (TPSA) is 64.5 Å². The van der Waals surface area contributed by atoms with E-state index in [1.807, 2.05) is 0 Å². The van der Waals surface area contributed by atoms with Crippen molar-refractivity contribution in [3.63, 3.8) is 0 Å². The lowest BCUT2D eigenvalue weighted by molar-refractivity contribution is 1.17. The first-order chi connectivity index (χ1) is 29.6. The molecule has 0 saturated heterocycles. The Hall–Kier alpha value is -8.15. The molecule has 5 nitrogen and oxygen atoms in total. The molecular formula is C55H33N5. The van der Waals surface area contributed by atoms with E-state index in [-0.39, 0.29) is 0 Å². The lowest BCUT2D eigenvalue weighted by atomic mass is 10.0. The molecule has 60 heavy (non-hydrogen) atoms. The average Bonchev–Trinajstić information content (AvgIpc) is 3.31. The van der Waals surface area contributed by atoms with Gasteiger partial charge in [0.25, 0.3) is 0 Å². The van der Waals surface area contributed by atoms with Crippen LogP contribution in [0.1, 0.15) is 0 Å². The molecule has 5 heteroatoms. The van der Waals surface area contributed by atoms with E-state index in [0.29, 0.717) is 17.2 Å². The highest BCUT2D eigenvalue weighted by molar-refractivity contribution is 5.99. The molecule has 0 saturated carbocycles. The third-order valence-corrected chi connectivity index (χ3v) is 11.5. The Morgan fingerprint density at radius 3 is 1.03 bits per heavy atom. The minimum Gasteiger partial charge on any atom is -0.246 e. The van der Waals surface area contributed by atoms with Crippen LogP contribution >= 0.6 is 0 Å². The van der Waals surface area contributed by atoms with Crippen LogP contribution in [0.25, 0.3) is 122 Å². The van der Waals surface area contributed by atoms with Gasteiger partial charge in [0.1, 0.15) is 0 Å². The summed E-state index contributed by atoms with van der Waals surface area (Å²) in [5.41, 5.74) is 9.27. The fraction of sp³-hybridized carbons (Fsp3) is 0. The lowest BCUT2D eigenvalue weighted by Crippen LogP contribution is -1.99. The Kier molecular flexibility index (Phi) is 7.78. The van der Waals surface area contributed by atoms with E-state index in [1.54, 1.807) is 0 Å². The van der Waals surface area contributed by atoms with E-state index in [4.69, 9.17) is 24.9 Å². The quantitative estimate of drug-likeness (QED) is 0.163. The molecule has 4 heterocycles. The van der Waals surface area contributed by atoms with E-state index in [9.17, 15) is 0 Å². The summed E-state index contributed by atoms with van der Waals surface area (Å²) in [5.74, 6) is 0.590. The van der Waals surface area contributed by atoms with Crippen molar-refractivity contribution in [3.8, 4) is 56.7 Å². The zero-order valence-corrected chi connectivity index (χ0v) is 32.3. The molecule has 0 aliphatic heterocycles. The van der Waals surface area contributed by atoms with E-state index < -0.39 is 0 Å². The van der Waals surface area contributed by atoms with Crippen LogP contribution in [0, 0.1) is 0 Å². The molecule has 0 N–H and O–H groups in total. The van der Waals surface area contributed by atoms with Crippen LogP contribution < -0.4 is 0 Å². The summed E-state index contributed by atoms with van der Waals surface area (Å²) in [6, 6.07) is 70.0. The smallest absolute Gasteiger partial charge is 0.160 e. The number of rotatable bonds is 5. The van der Waals surface area contributed by atoms with Crippen LogP contribution in [-0.4, -0.2) is 24.9 Å². The van der Waals surface area contributed by atoms with Gasteiger partial charge in [0.15, 0.2) is 5.82 Å². The van der Waals surface area contributed by atoms with E-state index in [1.165, 1.54) is 21.5 Å². The molecule has 0 radical (unpaired) electrons. The Morgan fingerprint density at radius 2 is 0.583 bits per heavy atom. The molecule has 0 aliphatic rings. The highest BCUT2D eigenvalue weighted by Crippen LogP contribution is 2.35. The molecule has 12 aromatic rings. The third kappa shape index (κ3) is 6.08. The summed E-state index contributed by atoms with van der Waals surface area (Å²) in [7, 11) is 0. The molecule has 12 rings (SSSR count). The Labute approximate surface area is 345 Å². The van der Waals surface area contributed by atoms with Crippen LogP contribution in [0.2, 0.25) is 0 Å². The average molecular weight is 764 g/mol. The summed E-state index contributed by atoms with van der Waals surface area (Å²) >= 11 is 0. The van der Waals surface area contributed by atoms with E-state index in [2.05, 4.69) is 200 Å². The molecule has 4 aromatic heterocycles. The number of pyridine rings is 3. The fourth-order valence-electron chi connectivity index (χ4n) is 8.40. The van der Waals surface area contributed by atoms with Gasteiger partial charge in [-0.3, -0.25) is 0 Å². The van der Waals surface area contributed by atoms with Gasteiger partial charge in [-0.05, 0) is 110 Å². The first kappa shape index (κ1) is 33.9. The first-order valence-corrected chi connectivity index (χ1v) is 20.1. The fourth-order valence-corrected chi connectivity index (χ4v) is 8.40. The Bertz CT molecular complexity index is 3450. The maximum absolute atomic E-state index is 5.33. The number of benzene rings is 8. The van der Waals surface area contributed by atoms with Gasteiger partial charge in [0, 0.05) is 27.5 Å². The number of hydrogen-bond acceptors (Lipinski definition) is 5. The molecule has 0 spiro atoms. The Balaban J connectivity index is 1.08. The maximum atomic E-state index is 5.33. The van der Waals surface area contributed by atoms with Gasteiger partial charge < -0.3 is 0 Å². The summed E-state index contributed by atoms with van der Waals surface area (Å²) in [5, 5.41) is 11.5. The summed E-state index contributed by atoms with van der Waals surface area (Å²) in [6.45, 7) is 0. The van der Waals surface area contributed by atoms with Crippen molar-refractivity contribution in [2.24, 2.45) is 0 Å². The van der Waals surface area contributed by atoms with Crippen LogP contribution in [0.5, 0.6) is 0 Å². The van der Waals surface area contributed by atoms with Crippen molar-refractivity contribution >= 4 is 64.9 Å². The van der Waals surface area contributed by atoms with Crippen molar-refractivity contribution in [1.82, 2.24) is 24.9 Å². The van der Waals surface area contributed by atoms with Crippen LogP contribution in [0.4, 0.5) is 0 Å². The molecular weight excluding hydrogens is 731 g/mol. The second-order valence-corrected chi connectivity index (χ2v) is 15.4. The molecule has 0 aliphatic carbocycles. The molecule has 278 valence electrons. The molecule has 0 fully saturated rings. The molecule has 0 bridgehead atoms. The second-order valence-electron chi connectivity index (χ2n) is 15.4. The standard InChI is InChI=1S/C55H33N5/c1-3-11-36-25-42(19-17-34(36)9-1)51-33-52(43-20-18-35-10-2-4-12-37(35)26-43)60-55(59-51)46-31-53(47-23-21-44-27-38-13-5-7-15-40(38)29-49(44)56-47)58-54(32-46)48-24-22-45-28-39-14-6-8-16-41(39)30-50(45)57-48/h1-33H. The minimum atomic E-state index is 0.590. The third-order valence-electron chi connectivity index (χ3n) is 11.5. The van der Waals surface area contributed by atoms with Crippen molar-refractivity contribution < 1.29 is 0 Å². The van der Waals surface area contributed by atoms with Gasteiger partial charge in [-0.1, -0.05) is 133 Å². The van der Waals surface area contributed by atoms with E-state index >= 15 is 0 Å². The van der Waals surface area contributed by atoms with Gasteiger partial charge in [-0.25, -0.2) is 24.9 Å². The SMILES string of the molecule is c1ccc2cc(-c3cc(-c4ccc5ccccc5c4)nc(-c4cc(-c5ccc6cc7ccccc7cc6n5)nc(-c5ccc6cc7ccccc7cc6n5)c4)n3)ccc2c1. The van der Waals surface area contributed by atoms with Crippen molar-refractivity contribution in [2.45, 2.75) is 0 Å². The monoisotopic (exact) mass is 763 g/mol. The molecule has 8 aromatic carbocycles. The van der Waals surface area contributed by atoms with Gasteiger partial charge >= 0.3 is 0 Å². The van der Waals surface area contributed by atoms with E-state index in [0.717, 1.165) is 82.8 Å². The Morgan fingerprint density at radius 1 is 0.200 bits per heavy atom. The zero-order valence-electron chi connectivity index (χ0n) is 32.3. The zero-order chi connectivity index (χ0) is 39.6. The molecule has 0 atom stereocenters. The minimum absolute atomic E-state index is 0.590. The normalized spacial score (nSPS) is 11.7. The van der Waals surface area contributed by atoms with Gasteiger partial charge in [0.05, 0.1) is 45.2 Å². The molecule has 0 unspecified atom stereocenters. The van der Waals surface area contributed by atoms with Gasteiger partial charge in [0.2, 0.25) is 0 Å². The lowest BCUT2D eigenvalue weighted by Gasteiger charge is -2.13. The van der Waals surface area contributed by atoms with Gasteiger partial charge in [-0.2, -0.15) is 0 Å². The summed E-state index contributed by atoms with van der Waals surface area (Å²) in [6.07, 6.45) is 0. The highest BCUT2D eigenvalue weighted by Gasteiger charge is 2.17.